The Bertz CT molecular complexity index is 1010. The summed E-state index contributed by atoms with van der Waals surface area (Å²) in [4.78, 5) is 8.58. The number of sulfone groups is 1. The van der Waals surface area contributed by atoms with Gasteiger partial charge in [-0.15, -0.1) is 0 Å². The zero-order valence-corrected chi connectivity index (χ0v) is 14.7. The van der Waals surface area contributed by atoms with E-state index in [1.165, 1.54) is 12.1 Å². The van der Waals surface area contributed by atoms with Crippen molar-refractivity contribution in [3.8, 4) is 0 Å². The number of nitrogens with zero attached hydrogens (tertiary/aromatic N) is 3. The molecule has 0 radical (unpaired) electrons. The number of fused-ring (bicyclic) bond motifs is 1. The molecule has 0 spiro atoms. The molecule has 0 amide bonds. The molecular formula is C16H15ClFN3O2S. The average molecular weight is 368 g/mol. The van der Waals surface area contributed by atoms with Crippen LogP contribution in [0.25, 0.3) is 11.0 Å². The maximum absolute atomic E-state index is 13.1. The molecule has 0 saturated heterocycles. The van der Waals surface area contributed by atoms with Crippen LogP contribution in [0.2, 0.25) is 5.15 Å². The average Bonchev–Trinajstić information content (AvgIpc) is 2.77. The third-order valence-corrected chi connectivity index (χ3v) is 4.61. The van der Waals surface area contributed by atoms with Gasteiger partial charge in [0.1, 0.15) is 22.3 Å². The van der Waals surface area contributed by atoms with Gasteiger partial charge in [-0.2, -0.15) is 0 Å². The van der Waals surface area contributed by atoms with E-state index >= 15 is 0 Å². The van der Waals surface area contributed by atoms with Gasteiger partial charge in [0.15, 0.2) is 9.84 Å². The number of aromatic nitrogens is 3. The van der Waals surface area contributed by atoms with Crippen molar-refractivity contribution in [2.45, 2.75) is 19.2 Å². The zero-order valence-electron chi connectivity index (χ0n) is 13.1. The lowest BCUT2D eigenvalue weighted by molar-refractivity contribution is 0.600. The predicted molar refractivity (Wildman–Crippen MR) is 91.3 cm³/mol. The fourth-order valence-corrected chi connectivity index (χ4v) is 3.49. The van der Waals surface area contributed by atoms with Gasteiger partial charge in [0, 0.05) is 18.9 Å². The van der Waals surface area contributed by atoms with Crippen LogP contribution in [0.5, 0.6) is 0 Å². The van der Waals surface area contributed by atoms with Crippen LogP contribution in [0.4, 0.5) is 4.39 Å². The molecule has 0 unspecified atom stereocenters. The van der Waals surface area contributed by atoms with Crippen LogP contribution in [-0.4, -0.2) is 29.2 Å². The van der Waals surface area contributed by atoms with Gasteiger partial charge in [0.2, 0.25) is 0 Å². The molecule has 24 heavy (non-hydrogen) atoms. The highest BCUT2D eigenvalue weighted by molar-refractivity contribution is 7.89. The molecule has 2 heterocycles. The van der Waals surface area contributed by atoms with E-state index in [-0.39, 0.29) is 16.7 Å². The quantitative estimate of drug-likeness (QED) is 0.664. The van der Waals surface area contributed by atoms with Gasteiger partial charge in [-0.05, 0) is 24.6 Å². The molecule has 2 aromatic heterocycles. The first-order valence-electron chi connectivity index (χ1n) is 7.17. The van der Waals surface area contributed by atoms with Crippen molar-refractivity contribution in [2.75, 3.05) is 6.26 Å². The lowest BCUT2D eigenvalue weighted by atomic mass is 10.2. The SMILES string of the molecule is Cc1nc2c(CS(C)(=O)=O)nc(Cl)cc2n1Cc1ccc(F)cc1. The summed E-state index contributed by atoms with van der Waals surface area (Å²) in [5, 5.41) is 0.210. The maximum Gasteiger partial charge on any atom is 0.153 e. The summed E-state index contributed by atoms with van der Waals surface area (Å²) in [6.07, 6.45) is 1.14. The molecule has 3 aromatic rings. The summed E-state index contributed by atoms with van der Waals surface area (Å²) in [6, 6.07) is 7.84. The van der Waals surface area contributed by atoms with E-state index in [0.717, 1.165) is 11.8 Å². The van der Waals surface area contributed by atoms with Gasteiger partial charge in [-0.25, -0.2) is 22.8 Å². The molecule has 0 N–H and O–H groups in total. The van der Waals surface area contributed by atoms with Crippen LogP contribution in [0, 0.1) is 12.7 Å². The molecule has 0 fully saturated rings. The fourth-order valence-electron chi connectivity index (χ4n) is 2.59. The van der Waals surface area contributed by atoms with Crippen molar-refractivity contribution < 1.29 is 12.8 Å². The largest absolute Gasteiger partial charge is 0.324 e. The van der Waals surface area contributed by atoms with E-state index in [2.05, 4.69) is 9.97 Å². The second kappa shape index (κ2) is 6.14. The monoisotopic (exact) mass is 367 g/mol. The van der Waals surface area contributed by atoms with E-state index < -0.39 is 9.84 Å². The molecule has 0 aliphatic heterocycles. The van der Waals surface area contributed by atoms with Gasteiger partial charge < -0.3 is 4.57 Å². The van der Waals surface area contributed by atoms with Gasteiger partial charge >= 0.3 is 0 Å². The van der Waals surface area contributed by atoms with Crippen molar-refractivity contribution >= 4 is 32.5 Å². The van der Waals surface area contributed by atoms with Crippen LogP contribution < -0.4 is 0 Å². The number of imidazole rings is 1. The second-order valence-corrected chi connectivity index (χ2v) is 8.23. The lowest BCUT2D eigenvalue weighted by Gasteiger charge is -2.08. The van der Waals surface area contributed by atoms with Crippen molar-refractivity contribution in [3.05, 3.63) is 58.4 Å². The van der Waals surface area contributed by atoms with E-state index in [1.54, 1.807) is 18.2 Å². The molecule has 0 bridgehead atoms. The topological polar surface area (TPSA) is 64.8 Å². The van der Waals surface area contributed by atoms with Gasteiger partial charge in [0.05, 0.1) is 17.0 Å². The number of benzene rings is 1. The van der Waals surface area contributed by atoms with E-state index in [4.69, 9.17) is 11.6 Å². The number of hydrogen-bond donors (Lipinski definition) is 0. The molecule has 1 aromatic carbocycles. The normalized spacial score (nSPS) is 12.0. The Morgan fingerprint density at radius 2 is 1.88 bits per heavy atom. The number of hydrogen-bond acceptors (Lipinski definition) is 4. The van der Waals surface area contributed by atoms with Gasteiger partial charge in [-0.1, -0.05) is 23.7 Å². The molecule has 126 valence electrons. The minimum absolute atomic E-state index is 0.210. The smallest absolute Gasteiger partial charge is 0.153 e. The number of pyridine rings is 1. The molecule has 0 atom stereocenters. The van der Waals surface area contributed by atoms with Crippen molar-refractivity contribution in [1.29, 1.82) is 0 Å². The highest BCUT2D eigenvalue weighted by Gasteiger charge is 2.17. The minimum Gasteiger partial charge on any atom is -0.324 e. The molecule has 0 aliphatic carbocycles. The van der Waals surface area contributed by atoms with E-state index in [1.807, 2.05) is 11.5 Å². The molecule has 8 heteroatoms. The summed E-state index contributed by atoms with van der Waals surface area (Å²) in [7, 11) is -3.26. The third kappa shape index (κ3) is 3.57. The third-order valence-electron chi connectivity index (χ3n) is 3.62. The first kappa shape index (κ1) is 16.9. The summed E-state index contributed by atoms with van der Waals surface area (Å²) in [5.74, 6) is 0.179. The van der Waals surface area contributed by atoms with Crippen LogP contribution in [0.1, 0.15) is 17.1 Å². The Morgan fingerprint density at radius 3 is 2.50 bits per heavy atom. The van der Waals surface area contributed by atoms with Crippen LogP contribution in [0.3, 0.4) is 0 Å². The molecule has 0 aliphatic rings. The highest BCUT2D eigenvalue weighted by Crippen LogP contribution is 2.24. The van der Waals surface area contributed by atoms with Crippen molar-refractivity contribution in [3.63, 3.8) is 0 Å². The fraction of sp³-hybridized carbons (Fsp3) is 0.250. The first-order valence-corrected chi connectivity index (χ1v) is 9.61. The standard InChI is InChI=1S/C16H15ClFN3O2S/c1-10-19-16-13(9-24(2,22)23)20-15(17)7-14(16)21(10)8-11-3-5-12(18)6-4-11/h3-7H,8-9H2,1-2H3. The minimum atomic E-state index is -3.26. The van der Waals surface area contributed by atoms with Gasteiger partial charge in [-0.3, -0.25) is 0 Å². The van der Waals surface area contributed by atoms with Gasteiger partial charge in [0.25, 0.3) is 0 Å². The van der Waals surface area contributed by atoms with Crippen LogP contribution in [0.15, 0.2) is 30.3 Å². The maximum atomic E-state index is 13.1. The molecule has 3 rings (SSSR count). The Kier molecular flexibility index (Phi) is 4.31. The highest BCUT2D eigenvalue weighted by atomic mass is 35.5. The zero-order chi connectivity index (χ0) is 17.5. The summed E-state index contributed by atoms with van der Waals surface area (Å²) in [5.41, 5.74) is 2.46. The van der Waals surface area contributed by atoms with Crippen LogP contribution >= 0.6 is 11.6 Å². The number of rotatable bonds is 4. The summed E-state index contributed by atoms with van der Waals surface area (Å²) in [6.45, 7) is 2.29. The van der Waals surface area contributed by atoms with Crippen molar-refractivity contribution in [1.82, 2.24) is 14.5 Å². The Morgan fingerprint density at radius 1 is 1.21 bits per heavy atom. The van der Waals surface area contributed by atoms with Crippen LogP contribution in [-0.2, 0) is 22.1 Å². The van der Waals surface area contributed by atoms with E-state index in [9.17, 15) is 12.8 Å². The summed E-state index contributed by atoms with van der Waals surface area (Å²) < 4.78 is 38.2. The lowest BCUT2D eigenvalue weighted by Crippen LogP contribution is -2.05. The molecule has 0 saturated carbocycles. The Hall–Kier alpha value is -1.99. The summed E-state index contributed by atoms with van der Waals surface area (Å²) >= 11 is 6.06. The Balaban J connectivity index is 2.12. The Labute approximate surface area is 144 Å². The second-order valence-electron chi connectivity index (χ2n) is 5.70. The predicted octanol–water partition coefficient (Wildman–Crippen LogP) is 3.13. The van der Waals surface area contributed by atoms with Crippen molar-refractivity contribution in [2.24, 2.45) is 0 Å². The number of halogens is 2. The molecule has 5 nitrogen and oxygen atoms in total. The van der Waals surface area contributed by atoms with E-state index in [0.29, 0.717) is 29.1 Å². The number of aryl methyl sites for hydroxylation is 1. The molecular weight excluding hydrogens is 353 g/mol. The first-order chi connectivity index (χ1) is 11.2.